The number of aromatic nitrogens is 5. The van der Waals surface area contributed by atoms with Gasteiger partial charge in [-0.1, -0.05) is 0 Å². The van der Waals surface area contributed by atoms with Crippen LogP contribution in [-0.4, -0.2) is 65.8 Å². The van der Waals surface area contributed by atoms with E-state index in [9.17, 15) is 9.50 Å². The number of anilines is 1. The molecule has 1 saturated carbocycles. The van der Waals surface area contributed by atoms with Gasteiger partial charge in [-0.05, 0) is 38.7 Å². The summed E-state index contributed by atoms with van der Waals surface area (Å²) in [4.78, 5) is 18.7. The third kappa shape index (κ3) is 3.24. The average Bonchev–Trinajstić information content (AvgIpc) is 3.51. The van der Waals surface area contributed by atoms with E-state index >= 15 is 0 Å². The van der Waals surface area contributed by atoms with Gasteiger partial charge in [-0.3, -0.25) is 4.90 Å². The molecule has 1 atom stereocenters. The molecule has 6 rings (SSSR count). The van der Waals surface area contributed by atoms with E-state index in [2.05, 4.69) is 37.1 Å². The van der Waals surface area contributed by atoms with Crippen LogP contribution in [0.15, 0.2) is 30.9 Å². The molecular formula is C23H26FN7O2. The molecule has 0 spiro atoms. The number of nitrogens with one attached hydrogen (secondary N) is 2. The van der Waals surface area contributed by atoms with Gasteiger partial charge >= 0.3 is 0 Å². The molecular weight excluding hydrogens is 425 g/mol. The molecule has 1 aliphatic carbocycles. The fraction of sp³-hybridized carbons (Fsp3) is 0.435. The largest absolute Gasteiger partial charge is 0.480 e. The van der Waals surface area contributed by atoms with Crippen molar-refractivity contribution in [1.29, 1.82) is 0 Å². The summed E-state index contributed by atoms with van der Waals surface area (Å²) in [6, 6.07) is 1.68. The molecule has 172 valence electrons. The summed E-state index contributed by atoms with van der Waals surface area (Å²) in [5.41, 5.74) is 2.31. The zero-order chi connectivity index (χ0) is 22.7. The summed E-state index contributed by atoms with van der Waals surface area (Å²) < 4.78 is 21.8. The fourth-order valence-corrected chi connectivity index (χ4v) is 5.48. The van der Waals surface area contributed by atoms with E-state index in [4.69, 9.17) is 4.74 Å². The Hall–Kier alpha value is -3.24. The maximum Gasteiger partial charge on any atom is 0.228 e. The van der Waals surface area contributed by atoms with Crippen molar-refractivity contribution in [3.05, 3.63) is 36.7 Å². The first kappa shape index (κ1) is 20.4. The smallest absolute Gasteiger partial charge is 0.228 e. The molecule has 1 saturated heterocycles. The predicted molar refractivity (Wildman–Crippen MR) is 122 cm³/mol. The number of rotatable bonds is 5. The first-order valence-corrected chi connectivity index (χ1v) is 11.2. The number of hydrogen-bond donors (Lipinski definition) is 3. The highest BCUT2D eigenvalue weighted by Crippen LogP contribution is 2.42. The second-order valence-electron chi connectivity index (χ2n) is 9.28. The standard InChI is InChI=1S/C23H26FN7O2/c1-23(31-6-3-4-17(31)32)9-14(10-23)27-22-28-19-18(21(29-22)33-2)15(11-26-19)13-8-16(24)20-25-5-7-30(20)12-13/h5,7-8,11-12,14,17,32H,3-4,6,9-10H2,1-2H3,(H2,26,27,28,29)/t14-,17?,23-. The van der Waals surface area contributed by atoms with E-state index in [1.807, 2.05) is 6.20 Å². The lowest BCUT2D eigenvalue weighted by Crippen LogP contribution is -2.60. The molecule has 10 heteroatoms. The molecule has 1 unspecified atom stereocenters. The van der Waals surface area contributed by atoms with E-state index in [1.165, 1.54) is 6.07 Å². The predicted octanol–water partition coefficient (Wildman–Crippen LogP) is 3.17. The van der Waals surface area contributed by atoms with Crippen molar-refractivity contribution >= 4 is 22.6 Å². The normalized spacial score (nSPS) is 25.6. The molecule has 1 aliphatic heterocycles. The van der Waals surface area contributed by atoms with Gasteiger partial charge in [0, 0.05) is 54.0 Å². The first-order valence-electron chi connectivity index (χ1n) is 11.2. The number of aliphatic hydroxyl groups is 1. The maximum atomic E-state index is 14.5. The van der Waals surface area contributed by atoms with Gasteiger partial charge in [-0.15, -0.1) is 0 Å². The van der Waals surface area contributed by atoms with Crippen molar-refractivity contribution in [2.75, 3.05) is 19.0 Å². The monoisotopic (exact) mass is 451 g/mol. The second-order valence-corrected chi connectivity index (χ2v) is 9.28. The number of pyridine rings is 1. The zero-order valence-electron chi connectivity index (χ0n) is 18.5. The Morgan fingerprint density at radius 2 is 2.18 bits per heavy atom. The third-order valence-electron chi connectivity index (χ3n) is 7.07. The Bertz CT molecular complexity index is 1340. The molecule has 0 radical (unpaired) electrons. The van der Waals surface area contributed by atoms with Gasteiger partial charge in [0.15, 0.2) is 11.5 Å². The Morgan fingerprint density at radius 3 is 2.94 bits per heavy atom. The Morgan fingerprint density at radius 1 is 1.33 bits per heavy atom. The molecule has 5 heterocycles. The van der Waals surface area contributed by atoms with Crippen LogP contribution < -0.4 is 10.1 Å². The van der Waals surface area contributed by atoms with Gasteiger partial charge in [0.25, 0.3) is 0 Å². The second kappa shape index (κ2) is 7.39. The number of fused-ring (bicyclic) bond motifs is 2. The number of imidazole rings is 1. The van der Waals surface area contributed by atoms with Gasteiger partial charge in [0.2, 0.25) is 11.8 Å². The van der Waals surface area contributed by atoms with Gasteiger partial charge in [-0.25, -0.2) is 9.37 Å². The Labute approximate surface area is 189 Å². The van der Waals surface area contributed by atoms with Crippen molar-refractivity contribution in [2.24, 2.45) is 0 Å². The summed E-state index contributed by atoms with van der Waals surface area (Å²) >= 11 is 0. The molecule has 2 aliphatic rings. The highest BCUT2D eigenvalue weighted by Gasteiger charge is 2.48. The van der Waals surface area contributed by atoms with Gasteiger partial charge < -0.3 is 24.5 Å². The number of ether oxygens (including phenoxy) is 1. The van der Waals surface area contributed by atoms with Crippen LogP contribution in [0.4, 0.5) is 10.3 Å². The van der Waals surface area contributed by atoms with Crippen molar-refractivity contribution in [1.82, 2.24) is 29.2 Å². The van der Waals surface area contributed by atoms with Crippen molar-refractivity contribution in [2.45, 2.75) is 50.4 Å². The molecule has 9 nitrogen and oxygen atoms in total. The number of aliphatic hydroxyl groups excluding tert-OH is 1. The number of nitrogens with zero attached hydrogens (tertiary/aromatic N) is 5. The molecule has 0 amide bonds. The summed E-state index contributed by atoms with van der Waals surface area (Å²) in [6.45, 7) is 3.15. The molecule has 4 aromatic rings. The van der Waals surface area contributed by atoms with Gasteiger partial charge in [0.05, 0.1) is 12.5 Å². The Kier molecular flexibility index (Phi) is 4.56. The minimum atomic E-state index is -0.402. The van der Waals surface area contributed by atoms with Crippen LogP contribution in [0, 0.1) is 5.82 Å². The van der Waals surface area contributed by atoms with Crippen molar-refractivity contribution in [3.63, 3.8) is 0 Å². The number of H-pyrrole nitrogens is 1. The van der Waals surface area contributed by atoms with Crippen LogP contribution in [0.5, 0.6) is 5.88 Å². The lowest BCUT2D eigenvalue weighted by molar-refractivity contribution is -0.0701. The fourth-order valence-electron chi connectivity index (χ4n) is 5.48. The average molecular weight is 452 g/mol. The molecule has 3 N–H and O–H groups in total. The van der Waals surface area contributed by atoms with Crippen molar-refractivity contribution < 1.29 is 14.2 Å². The molecule has 33 heavy (non-hydrogen) atoms. The summed E-state index contributed by atoms with van der Waals surface area (Å²) in [6.07, 6.45) is 10.2. The number of methoxy groups -OCH3 is 1. The number of aromatic amines is 1. The van der Waals surface area contributed by atoms with Crippen molar-refractivity contribution in [3.8, 4) is 17.0 Å². The van der Waals surface area contributed by atoms with E-state index in [1.54, 1.807) is 30.1 Å². The minimum Gasteiger partial charge on any atom is -0.480 e. The van der Waals surface area contributed by atoms with Crippen LogP contribution >= 0.6 is 0 Å². The van der Waals surface area contributed by atoms with Gasteiger partial charge in [0.1, 0.15) is 11.9 Å². The van der Waals surface area contributed by atoms with Crippen LogP contribution in [0.1, 0.15) is 32.6 Å². The van der Waals surface area contributed by atoms with E-state index in [-0.39, 0.29) is 23.5 Å². The minimum absolute atomic E-state index is 0.00257. The molecule has 0 bridgehead atoms. The van der Waals surface area contributed by atoms with Crippen LogP contribution in [0.2, 0.25) is 0 Å². The molecule has 0 aromatic carbocycles. The number of halogens is 1. The van der Waals surface area contributed by atoms with E-state index in [0.717, 1.165) is 37.8 Å². The topological polar surface area (TPSA) is 104 Å². The maximum absolute atomic E-state index is 14.5. The molecule has 2 fully saturated rings. The third-order valence-corrected chi connectivity index (χ3v) is 7.07. The highest BCUT2D eigenvalue weighted by molar-refractivity contribution is 5.97. The lowest BCUT2D eigenvalue weighted by Gasteiger charge is -2.52. The number of hydrogen-bond acceptors (Lipinski definition) is 7. The van der Waals surface area contributed by atoms with Crippen LogP contribution in [0.3, 0.4) is 0 Å². The summed E-state index contributed by atoms with van der Waals surface area (Å²) in [7, 11) is 1.57. The quantitative estimate of drug-likeness (QED) is 0.428. The first-order chi connectivity index (χ1) is 15.9. The zero-order valence-corrected chi connectivity index (χ0v) is 18.5. The van der Waals surface area contributed by atoms with Crippen LogP contribution in [-0.2, 0) is 0 Å². The SMILES string of the molecule is COc1nc(N[C@H]2C[C@](C)(N3CCCC3O)C2)nc2[nH]cc(-c3cc(F)c4nccn4c3)c12. The van der Waals surface area contributed by atoms with E-state index in [0.29, 0.717) is 28.4 Å². The summed E-state index contributed by atoms with van der Waals surface area (Å²) in [5, 5.41) is 14.4. The number of likely N-dealkylation sites (tertiary alicyclic amines) is 1. The van der Waals surface area contributed by atoms with Gasteiger partial charge in [-0.2, -0.15) is 9.97 Å². The van der Waals surface area contributed by atoms with E-state index < -0.39 is 5.82 Å². The van der Waals surface area contributed by atoms with Crippen LogP contribution in [0.25, 0.3) is 27.8 Å². The molecule has 4 aromatic heterocycles. The lowest BCUT2D eigenvalue weighted by atomic mass is 9.73. The Balaban J connectivity index is 1.28. The summed E-state index contributed by atoms with van der Waals surface area (Å²) in [5.74, 6) is 0.501. The highest BCUT2D eigenvalue weighted by atomic mass is 19.1.